The first-order valence-electron chi connectivity index (χ1n) is 28.6. The summed E-state index contributed by atoms with van der Waals surface area (Å²) in [5.41, 5.74) is 17.0. The molecule has 2 aromatic heterocycles. The number of halogens is 2. The Labute approximate surface area is 486 Å². The number of nitrogens with zero attached hydrogens (tertiary/aromatic N) is 7. The predicted octanol–water partition coefficient (Wildman–Crippen LogP) is 10.1. The zero-order valence-corrected chi connectivity index (χ0v) is 50.3. The van der Waals surface area contributed by atoms with Crippen molar-refractivity contribution in [2.75, 3.05) is 69.5 Å². The van der Waals surface area contributed by atoms with Crippen LogP contribution in [-0.2, 0) is 19.2 Å². The molecule has 5 heterocycles. The summed E-state index contributed by atoms with van der Waals surface area (Å²) in [4.78, 5) is 78.0. The van der Waals surface area contributed by atoms with Crippen LogP contribution in [0.25, 0.3) is 10.4 Å². The number of aliphatic hydroxyl groups excluding tert-OH is 1. The Bertz CT molecular complexity index is 2640. The monoisotopic (exact) mass is 1160 g/mol. The number of anilines is 2. The number of hydrogen-bond donors (Lipinski definition) is 5. The molecule has 0 aliphatic carbocycles. The van der Waals surface area contributed by atoms with E-state index in [0.717, 1.165) is 162 Å². The quantitative estimate of drug-likeness (QED) is 0.0371. The summed E-state index contributed by atoms with van der Waals surface area (Å²) in [6.07, 6.45) is 15.3. The molecular formula is C59H85Cl2N11O5S2. The fraction of sp³-hybridized carbons (Fsp3) is 0.610. The van der Waals surface area contributed by atoms with Crippen LogP contribution in [0.2, 0.25) is 10.0 Å². The number of likely N-dealkylation sites (tertiary alicyclic amines) is 1. The lowest BCUT2D eigenvalue weighted by Gasteiger charge is -2.42. The fourth-order valence-corrected chi connectivity index (χ4v) is 13.2. The van der Waals surface area contributed by atoms with Gasteiger partial charge in [0.15, 0.2) is 5.82 Å². The number of aryl methyl sites for hydroxylation is 1. The first-order valence-corrected chi connectivity index (χ1v) is 31.1. The SMILES string of the molecule is Cc1ncsc1-c1ccc(C(C)NC(=O)C2CC(O)CN2C(=O)C(NC(=O)CCCCCCCCCN2CCN(C(=O)CCCCCC3(CN)CCN(c4cnc(Sc5cccc(Cl)c5Cl)c(N)n4)CC3)CC2)C(C)(C)C)cc1. The summed E-state index contributed by atoms with van der Waals surface area (Å²) in [6, 6.07) is 11.5. The van der Waals surface area contributed by atoms with Gasteiger partial charge in [0.1, 0.15) is 22.9 Å². The van der Waals surface area contributed by atoms with E-state index in [9.17, 15) is 24.3 Å². The number of unbranched alkanes of at least 4 members (excludes halogenated alkanes) is 8. The Morgan fingerprint density at radius 2 is 1.54 bits per heavy atom. The topological polar surface area (TPSA) is 216 Å². The number of β-amino-alcohol motifs (C(OH)–C–C–N with tert-alkyl or cyclic N) is 1. The van der Waals surface area contributed by atoms with Gasteiger partial charge in [0.05, 0.1) is 44.5 Å². The normalized spacial score (nSPS) is 18.6. The molecule has 0 radical (unpaired) electrons. The Balaban J connectivity index is 0.707. The van der Waals surface area contributed by atoms with Crippen LogP contribution in [0.3, 0.4) is 0 Å². The van der Waals surface area contributed by atoms with E-state index in [0.29, 0.717) is 40.3 Å². The number of nitrogens with one attached hydrogen (secondary N) is 2. The number of aliphatic hydroxyl groups is 1. The zero-order valence-electron chi connectivity index (χ0n) is 47.1. The molecule has 3 saturated heterocycles. The van der Waals surface area contributed by atoms with E-state index in [1.54, 1.807) is 23.6 Å². The van der Waals surface area contributed by atoms with Gasteiger partial charge in [0.2, 0.25) is 23.6 Å². The number of benzene rings is 2. The van der Waals surface area contributed by atoms with E-state index in [2.05, 4.69) is 35.4 Å². The highest BCUT2D eigenvalue weighted by Crippen LogP contribution is 2.40. The summed E-state index contributed by atoms with van der Waals surface area (Å²) in [5, 5.41) is 18.3. The van der Waals surface area contributed by atoms with Crippen LogP contribution in [0.15, 0.2) is 64.1 Å². The number of piperazine rings is 1. The lowest BCUT2D eigenvalue weighted by atomic mass is 9.74. The van der Waals surface area contributed by atoms with Crippen LogP contribution in [0.5, 0.6) is 0 Å². The van der Waals surface area contributed by atoms with E-state index in [1.807, 2.05) is 81.4 Å². The standard InChI is InChI=1S/C59H85Cl2N11O5S2/c1-40(42-21-23-43(24-22-42)52-41(2)65-39-78-52)66-55(76)46-35-44(73)37-72(46)57(77)53(58(3,4)5)68-49(74)19-12-9-7-6-8-10-15-28-69-31-33-71(34-32-69)50(75)20-13-11-14-25-59(38-62)26-29-70(30-27-59)48-36-64-56(54(63)67-48)79-47-18-16-17-45(60)51(47)61/h16-18,21-24,36,39-40,44,46,53,73H,6-15,19-20,25-35,37-38,62H2,1-5H3,(H2,63,67)(H,66,76)(H,68,74). The average Bonchev–Trinajstić information content (AvgIpc) is 4.14. The van der Waals surface area contributed by atoms with Crippen molar-refractivity contribution in [3.8, 4) is 10.4 Å². The Morgan fingerprint density at radius 3 is 2.20 bits per heavy atom. The van der Waals surface area contributed by atoms with Gasteiger partial charge in [-0.15, -0.1) is 11.3 Å². The maximum absolute atomic E-state index is 14.1. The molecule has 3 aliphatic rings. The van der Waals surface area contributed by atoms with E-state index in [1.165, 1.54) is 16.7 Å². The molecule has 7 N–H and O–H groups in total. The highest BCUT2D eigenvalue weighted by Gasteiger charge is 2.45. The van der Waals surface area contributed by atoms with Crippen molar-refractivity contribution >= 4 is 81.6 Å². The van der Waals surface area contributed by atoms with Crippen molar-refractivity contribution < 1.29 is 24.3 Å². The third-order valence-corrected chi connectivity index (χ3v) is 19.2. The molecule has 4 atom stereocenters. The molecular weight excluding hydrogens is 1080 g/mol. The molecule has 0 saturated carbocycles. The third kappa shape index (κ3) is 17.5. The lowest BCUT2D eigenvalue weighted by Crippen LogP contribution is -2.57. The van der Waals surface area contributed by atoms with Crippen molar-refractivity contribution in [1.82, 2.24) is 40.3 Å². The molecule has 16 nitrogen and oxygen atoms in total. The Morgan fingerprint density at radius 1 is 0.873 bits per heavy atom. The number of nitrogens with two attached hydrogens (primary N) is 2. The summed E-state index contributed by atoms with van der Waals surface area (Å²) in [6.45, 7) is 16.5. The van der Waals surface area contributed by atoms with Gasteiger partial charge >= 0.3 is 0 Å². The second kappa shape index (κ2) is 29.4. The third-order valence-electron chi connectivity index (χ3n) is 16.2. The van der Waals surface area contributed by atoms with Crippen LogP contribution in [0, 0.1) is 17.8 Å². The maximum Gasteiger partial charge on any atom is 0.246 e. The van der Waals surface area contributed by atoms with Crippen molar-refractivity contribution in [2.45, 2.75) is 172 Å². The number of aromatic nitrogens is 3. The van der Waals surface area contributed by atoms with Gasteiger partial charge in [0.25, 0.3) is 0 Å². The van der Waals surface area contributed by atoms with E-state index in [-0.39, 0.29) is 48.1 Å². The van der Waals surface area contributed by atoms with Crippen LogP contribution in [0.1, 0.15) is 148 Å². The predicted molar refractivity (Wildman–Crippen MR) is 319 cm³/mol. The number of nitrogen functional groups attached to an aromatic ring is 1. The fourth-order valence-electron chi connectivity index (χ4n) is 11.1. The molecule has 4 unspecified atom stereocenters. The lowest BCUT2D eigenvalue weighted by molar-refractivity contribution is -0.144. The Hall–Kier alpha value is -4.56. The average molecular weight is 1160 g/mol. The van der Waals surface area contributed by atoms with Crippen molar-refractivity contribution in [2.24, 2.45) is 16.6 Å². The molecule has 0 bridgehead atoms. The van der Waals surface area contributed by atoms with Gasteiger partial charge in [-0.25, -0.2) is 15.0 Å². The van der Waals surface area contributed by atoms with Gasteiger partial charge < -0.3 is 41.9 Å². The van der Waals surface area contributed by atoms with Crippen molar-refractivity contribution in [1.29, 1.82) is 0 Å². The molecule has 3 fully saturated rings. The number of amides is 4. The molecule has 3 aliphatic heterocycles. The number of hydrogen-bond acceptors (Lipinski definition) is 14. The number of carbonyl (C=O) groups is 4. The van der Waals surface area contributed by atoms with Gasteiger partial charge in [0, 0.05) is 70.0 Å². The van der Waals surface area contributed by atoms with Crippen molar-refractivity contribution in [3.05, 3.63) is 75.5 Å². The zero-order chi connectivity index (χ0) is 56.7. The van der Waals surface area contributed by atoms with E-state index >= 15 is 0 Å². The molecule has 20 heteroatoms. The van der Waals surface area contributed by atoms with Crippen LogP contribution >= 0.6 is 46.3 Å². The van der Waals surface area contributed by atoms with Crippen LogP contribution in [0.4, 0.5) is 11.6 Å². The summed E-state index contributed by atoms with van der Waals surface area (Å²) >= 11 is 15.5. The molecule has 0 spiro atoms. The number of rotatable bonds is 26. The first-order chi connectivity index (χ1) is 37.8. The summed E-state index contributed by atoms with van der Waals surface area (Å²) in [5.74, 6) is 0.539. The van der Waals surface area contributed by atoms with Gasteiger partial charge in [-0.05, 0) is 99.6 Å². The van der Waals surface area contributed by atoms with Crippen molar-refractivity contribution in [3.63, 3.8) is 0 Å². The highest BCUT2D eigenvalue weighted by atomic mass is 35.5. The van der Waals surface area contributed by atoms with E-state index in [4.69, 9.17) is 34.7 Å². The summed E-state index contributed by atoms with van der Waals surface area (Å²) in [7, 11) is 0. The molecule has 2 aromatic carbocycles. The Kier molecular flexibility index (Phi) is 23.1. The number of carbonyl (C=O) groups excluding carboxylic acids is 4. The number of piperidine rings is 1. The van der Waals surface area contributed by atoms with E-state index < -0.39 is 23.6 Å². The number of thiazole rings is 1. The van der Waals surface area contributed by atoms with Gasteiger partial charge in [-0.2, -0.15) is 0 Å². The first kappa shape index (κ1) is 62.0. The van der Waals surface area contributed by atoms with Crippen LogP contribution in [-0.4, -0.2) is 135 Å². The molecule has 4 aromatic rings. The van der Waals surface area contributed by atoms with Crippen LogP contribution < -0.4 is 27.0 Å². The molecule has 432 valence electrons. The minimum Gasteiger partial charge on any atom is -0.391 e. The molecule has 79 heavy (non-hydrogen) atoms. The maximum atomic E-state index is 14.1. The molecule has 4 amide bonds. The minimum absolute atomic E-state index is 0.0346. The van der Waals surface area contributed by atoms with Gasteiger partial charge in [-0.1, -0.05) is 131 Å². The second-order valence-electron chi connectivity index (χ2n) is 23.2. The smallest absolute Gasteiger partial charge is 0.246 e. The second-order valence-corrected chi connectivity index (χ2v) is 25.8. The highest BCUT2D eigenvalue weighted by molar-refractivity contribution is 7.99. The largest absolute Gasteiger partial charge is 0.391 e. The molecule has 7 rings (SSSR count). The van der Waals surface area contributed by atoms with Gasteiger partial charge in [-0.3, -0.25) is 24.1 Å². The minimum atomic E-state index is -0.847. The summed E-state index contributed by atoms with van der Waals surface area (Å²) < 4.78 is 0.